The van der Waals surface area contributed by atoms with Gasteiger partial charge in [-0.1, -0.05) is 0 Å². The van der Waals surface area contributed by atoms with Crippen LogP contribution in [-0.4, -0.2) is 74.4 Å². The SMILES string of the molecule is CN1CCOC(CNCC(=O)N(Cc2ccco2)CC(F)(F)F)C1. The number of rotatable bonds is 7. The second-order valence-corrected chi connectivity index (χ2v) is 5.83. The van der Waals surface area contributed by atoms with E-state index < -0.39 is 18.6 Å². The third-order valence-corrected chi connectivity index (χ3v) is 3.64. The average molecular weight is 349 g/mol. The van der Waals surface area contributed by atoms with E-state index in [1.54, 1.807) is 6.07 Å². The van der Waals surface area contributed by atoms with Crippen molar-refractivity contribution in [3.8, 4) is 0 Å². The van der Waals surface area contributed by atoms with Crippen LogP contribution in [0.15, 0.2) is 22.8 Å². The summed E-state index contributed by atoms with van der Waals surface area (Å²) in [6.45, 7) is 0.886. The van der Waals surface area contributed by atoms with E-state index in [2.05, 4.69) is 10.2 Å². The molecule has 1 aliphatic rings. The van der Waals surface area contributed by atoms with Crippen LogP contribution in [0.2, 0.25) is 0 Å². The Kier molecular flexibility index (Phi) is 6.64. The number of amides is 1. The Labute approximate surface area is 138 Å². The zero-order chi connectivity index (χ0) is 17.6. The minimum Gasteiger partial charge on any atom is -0.467 e. The summed E-state index contributed by atoms with van der Waals surface area (Å²) in [4.78, 5) is 15.0. The van der Waals surface area contributed by atoms with E-state index in [0.717, 1.165) is 18.0 Å². The van der Waals surface area contributed by atoms with Gasteiger partial charge >= 0.3 is 6.18 Å². The molecule has 0 aliphatic carbocycles. The van der Waals surface area contributed by atoms with Gasteiger partial charge in [-0.3, -0.25) is 4.79 Å². The highest BCUT2D eigenvalue weighted by atomic mass is 19.4. The Morgan fingerprint density at radius 1 is 1.50 bits per heavy atom. The maximum absolute atomic E-state index is 12.7. The number of morpholine rings is 1. The maximum Gasteiger partial charge on any atom is 0.406 e. The number of alkyl halides is 3. The molecule has 1 N–H and O–H groups in total. The molecule has 24 heavy (non-hydrogen) atoms. The van der Waals surface area contributed by atoms with E-state index in [1.165, 1.54) is 12.3 Å². The van der Waals surface area contributed by atoms with E-state index in [-0.39, 0.29) is 19.2 Å². The van der Waals surface area contributed by atoms with Crippen LogP contribution in [0.1, 0.15) is 5.76 Å². The van der Waals surface area contributed by atoms with Gasteiger partial charge in [0.2, 0.25) is 5.91 Å². The van der Waals surface area contributed by atoms with Crippen molar-refractivity contribution in [3.05, 3.63) is 24.2 Å². The number of ether oxygens (including phenoxy) is 1. The molecular formula is C15H22F3N3O3. The Morgan fingerprint density at radius 3 is 2.92 bits per heavy atom. The lowest BCUT2D eigenvalue weighted by atomic mass is 10.3. The highest BCUT2D eigenvalue weighted by molar-refractivity contribution is 5.78. The zero-order valence-corrected chi connectivity index (χ0v) is 13.5. The quantitative estimate of drug-likeness (QED) is 0.799. The first-order valence-electron chi connectivity index (χ1n) is 7.71. The predicted molar refractivity (Wildman–Crippen MR) is 80.3 cm³/mol. The summed E-state index contributed by atoms with van der Waals surface area (Å²) in [5.74, 6) is -0.322. The standard InChI is InChI=1S/C15H22F3N3O3/c1-20-4-6-24-13(9-20)7-19-8-14(22)21(11-15(16,17)18)10-12-3-2-5-23-12/h2-3,5,13,19H,4,6-11H2,1H3. The fraction of sp³-hybridized carbons (Fsp3) is 0.667. The molecule has 1 fully saturated rings. The monoisotopic (exact) mass is 349 g/mol. The molecule has 0 radical (unpaired) electrons. The number of halogens is 3. The molecule has 2 rings (SSSR count). The summed E-state index contributed by atoms with van der Waals surface area (Å²) in [7, 11) is 1.97. The van der Waals surface area contributed by atoms with E-state index in [4.69, 9.17) is 9.15 Å². The van der Waals surface area contributed by atoms with Gasteiger partial charge in [0, 0.05) is 19.6 Å². The highest BCUT2D eigenvalue weighted by Gasteiger charge is 2.33. The minimum atomic E-state index is -4.46. The van der Waals surface area contributed by atoms with Gasteiger partial charge in [-0.25, -0.2) is 0 Å². The molecule has 1 unspecified atom stereocenters. The molecule has 1 saturated heterocycles. The van der Waals surface area contributed by atoms with E-state index in [9.17, 15) is 18.0 Å². The highest BCUT2D eigenvalue weighted by Crippen LogP contribution is 2.18. The summed E-state index contributed by atoms with van der Waals surface area (Å²) in [6, 6.07) is 3.11. The molecule has 136 valence electrons. The summed E-state index contributed by atoms with van der Waals surface area (Å²) in [5, 5.41) is 2.88. The van der Waals surface area contributed by atoms with Crippen LogP contribution in [0.25, 0.3) is 0 Å². The molecule has 1 amide bonds. The van der Waals surface area contributed by atoms with Crippen molar-refractivity contribution in [2.45, 2.75) is 18.8 Å². The lowest BCUT2D eigenvalue weighted by molar-refractivity contribution is -0.162. The molecule has 1 aromatic rings. The van der Waals surface area contributed by atoms with Crippen LogP contribution in [-0.2, 0) is 16.1 Å². The average Bonchev–Trinajstić information content (AvgIpc) is 2.98. The lowest BCUT2D eigenvalue weighted by Gasteiger charge is -2.30. The van der Waals surface area contributed by atoms with Gasteiger partial charge in [-0.2, -0.15) is 13.2 Å². The Morgan fingerprint density at radius 2 is 2.29 bits per heavy atom. The van der Waals surface area contributed by atoms with Crippen LogP contribution in [0.5, 0.6) is 0 Å². The van der Waals surface area contributed by atoms with Gasteiger partial charge in [0.25, 0.3) is 0 Å². The topological polar surface area (TPSA) is 58.0 Å². The van der Waals surface area contributed by atoms with Crippen molar-refractivity contribution in [1.82, 2.24) is 15.1 Å². The van der Waals surface area contributed by atoms with Crippen LogP contribution in [0.3, 0.4) is 0 Å². The number of carbonyl (C=O) groups is 1. The van der Waals surface area contributed by atoms with Crippen LogP contribution in [0, 0.1) is 0 Å². The Balaban J connectivity index is 1.82. The second kappa shape index (κ2) is 8.50. The first-order chi connectivity index (χ1) is 11.3. The Hall–Kier alpha value is -1.58. The summed E-state index contributed by atoms with van der Waals surface area (Å²) in [5.41, 5.74) is 0. The number of hydrogen-bond acceptors (Lipinski definition) is 5. The smallest absolute Gasteiger partial charge is 0.406 e. The van der Waals surface area contributed by atoms with Crippen molar-refractivity contribution >= 4 is 5.91 Å². The molecular weight excluding hydrogens is 327 g/mol. The third kappa shape index (κ3) is 6.50. The maximum atomic E-state index is 12.7. The van der Waals surface area contributed by atoms with Crippen molar-refractivity contribution in [1.29, 1.82) is 0 Å². The molecule has 9 heteroatoms. The molecule has 1 aliphatic heterocycles. The van der Waals surface area contributed by atoms with Gasteiger partial charge in [-0.15, -0.1) is 0 Å². The van der Waals surface area contributed by atoms with Gasteiger partial charge in [0.05, 0.1) is 32.1 Å². The molecule has 0 aromatic carbocycles. The molecule has 0 spiro atoms. The molecule has 1 atom stereocenters. The van der Waals surface area contributed by atoms with Gasteiger partial charge < -0.3 is 24.3 Å². The lowest BCUT2D eigenvalue weighted by Crippen LogP contribution is -2.47. The van der Waals surface area contributed by atoms with Crippen LogP contribution >= 0.6 is 0 Å². The van der Waals surface area contributed by atoms with Crippen LogP contribution < -0.4 is 5.32 Å². The molecule has 0 saturated carbocycles. The van der Waals surface area contributed by atoms with Crippen molar-refractivity contribution < 1.29 is 27.1 Å². The number of likely N-dealkylation sites (N-methyl/N-ethyl adjacent to an activating group) is 1. The number of carbonyl (C=O) groups excluding carboxylic acids is 1. The molecule has 2 heterocycles. The fourth-order valence-electron chi connectivity index (χ4n) is 2.48. The largest absolute Gasteiger partial charge is 0.467 e. The first kappa shape index (κ1) is 18.8. The fourth-order valence-corrected chi connectivity index (χ4v) is 2.48. The van der Waals surface area contributed by atoms with Gasteiger partial charge in [0.15, 0.2) is 0 Å². The first-order valence-corrected chi connectivity index (χ1v) is 7.71. The van der Waals surface area contributed by atoms with Gasteiger partial charge in [-0.05, 0) is 19.2 Å². The van der Waals surface area contributed by atoms with Crippen LogP contribution in [0.4, 0.5) is 13.2 Å². The number of hydrogen-bond donors (Lipinski definition) is 1. The summed E-state index contributed by atoms with van der Waals surface area (Å²) in [6.07, 6.45) is -3.17. The molecule has 1 aromatic heterocycles. The number of nitrogens with one attached hydrogen (secondary N) is 1. The van der Waals surface area contributed by atoms with Crippen molar-refractivity contribution in [2.75, 3.05) is 46.4 Å². The predicted octanol–water partition coefficient (Wildman–Crippen LogP) is 1.09. The normalized spacial score (nSPS) is 19.4. The summed E-state index contributed by atoms with van der Waals surface area (Å²) < 4.78 is 48.6. The van der Waals surface area contributed by atoms with E-state index in [1.807, 2.05) is 7.05 Å². The van der Waals surface area contributed by atoms with Crippen molar-refractivity contribution in [3.63, 3.8) is 0 Å². The van der Waals surface area contributed by atoms with Gasteiger partial charge in [0.1, 0.15) is 12.3 Å². The Bertz CT molecular complexity index is 508. The molecule has 6 nitrogen and oxygen atoms in total. The molecule has 0 bridgehead atoms. The minimum absolute atomic E-state index is 0.0716. The number of furan rings is 1. The number of nitrogens with zero attached hydrogens (tertiary/aromatic N) is 2. The second-order valence-electron chi connectivity index (χ2n) is 5.83. The van der Waals surface area contributed by atoms with E-state index in [0.29, 0.717) is 18.9 Å². The van der Waals surface area contributed by atoms with E-state index >= 15 is 0 Å². The van der Waals surface area contributed by atoms with Crippen molar-refractivity contribution in [2.24, 2.45) is 0 Å². The summed E-state index contributed by atoms with van der Waals surface area (Å²) >= 11 is 0. The third-order valence-electron chi connectivity index (χ3n) is 3.64. The zero-order valence-electron chi connectivity index (χ0n) is 13.5.